The first-order chi connectivity index (χ1) is 9.69. The first-order valence-corrected chi connectivity index (χ1v) is 7.10. The van der Waals surface area contributed by atoms with Gasteiger partial charge >= 0.3 is 0 Å². The minimum absolute atomic E-state index is 0.509. The van der Waals surface area contributed by atoms with Gasteiger partial charge in [0.15, 0.2) is 0 Å². The molecule has 0 aliphatic carbocycles. The third kappa shape index (κ3) is 2.20. The number of rotatable bonds is 3. The van der Waals surface area contributed by atoms with E-state index in [4.69, 9.17) is 0 Å². The zero-order valence-corrected chi connectivity index (χ0v) is 12.2. The van der Waals surface area contributed by atoms with E-state index in [-0.39, 0.29) is 0 Å². The molecule has 20 heavy (non-hydrogen) atoms. The first-order valence-electron chi connectivity index (χ1n) is 7.10. The van der Waals surface area contributed by atoms with Gasteiger partial charge in [0, 0.05) is 29.9 Å². The van der Waals surface area contributed by atoms with E-state index in [0.717, 1.165) is 17.8 Å². The molecule has 0 N–H and O–H groups in total. The molecule has 0 fully saturated rings. The van der Waals surface area contributed by atoms with Crippen LogP contribution in [0.2, 0.25) is 0 Å². The SMILES string of the molecule is CCn1cc(-c2cc3cccc(C(C)C)c3cn2)cn1. The fourth-order valence-electron chi connectivity index (χ4n) is 2.53. The third-order valence-corrected chi connectivity index (χ3v) is 3.67. The molecule has 2 aromatic heterocycles. The highest BCUT2D eigenvalue weighted by atomic mass is 15.3. The lowest BCUT2D eigenvalue weighted by molar-refractivity contribution is 0.660. The maximum Gasteiger partial charge on any atom is 0.0739 e. The second-order valence-corrected chi connectivity index (χ2v) is 5.38. The van der Waals surface area contributed by atoms with Gasteiger partial charge in [-0.25, -0.2) is 0 Å². The van der Waals surface area contributed by atoms with E-state index in [1.54, 1.807) is 0 Å². The number of fused-ring (bicyclic) bond motifs is 1. The molecule has 3 rings (SSSR count). The van der Waals surface area contributed by atoms with E-state index < -0.39 is 0 Å². The van der Waals surface area contributed by atoms with Crippen molar-refractivity contribution in [3.8, 4) is 11.3 Å². The van der Waals surface area contributed by atoms with Crippen molar-refractivity contribution in [2.45, 2.75) is 33.2 Å². The lowest BCUT2D eigenvalue weighted by Crippen LogP contribution is -1.92. The topological polar surface area (TPSA) is 30.7 Å². The van der Waals surface area contributed by atoms with Gasteiger partial charge < -0.3 is 0 Å². The Kier molecular flexibility index (Phi) is 3.26. The molecule has 0 bridgehead atoms. The summed E-state index contributed by atoms with van der Waals surface area (Å²) in [4.78, 5) is 4.61. The van der Waals surface area contributed by atoms with Gasteiger partial charge in [0.2, 0.25) is 0 Å². The van der Waals surface area contributed by atoms with Gasteiger partial charge in [-0.3, -0.25) is 9.67 Å². The molecule has 0 unspecified atom stereocenters. The first kappa shape index (κ1) is 12.9. The monoisotopic (exact) mass is 265 g/mol. The normalized spacial score (nSPS) is 11.4. The van der Waals surface area contributed by atoms with Crippen LogP contribution in [-0.4, -0.2) is 14.8 Å². The van der Waals surface area contributed by atoms with Crippen molar-refractivity contribution in [3.05, 3.63) is 48.4 Å². The number of nitrogens with zero attached hydrogens (tertiary/aromatic N) is 3. The molecule has 102 valence electrons. The average Bonchev–Trinajstić information content (AvgIpc) is 2.94. The summed E-state index contributed by atoms with van der Waals surface area (Å²) in [6.07, 6.45) is 5.91. The number of benzene rings is 1. The lowest BCUT2D eigenvalue weighted by atomic mass is 9.97. The number of hydrogen-bond acceptors (Lipinski definition) is 2. The van der Waals surface area contributed by atoms with Gasteiger partial charge in [-0.2, -0.15) is 5.10 Å². The molecule has 0 saturated carbocycles. The Balaban J connectivity index is 2.11. The second-order valence-electron chi connectivity index (χ2n) is 5.38. The van der Waals surface area contributed by atoms with Crippen molar-refractivity contribution in [1.82, 2.24) is 14.8 Å². The fraction of sp³-hybridized carbons (Fsp3) is 0.294. The van der Waals surface area contributed by atoms with Gasteiger partial charge in [-0.15, -0.1) is 0 Å². The molecule has 0 aliphatic heterocycles. The van der Waals surface area contributed by atoms with Crippen molar-refractivity contribution >= 4 is 10.8 Å². The molecule has 3 nitrogen and oxygen atoms in total. The summed E-state index contributed by atoms with van der Waals surface area (Å²) in [6, 6.07) is 8.61. The van der Waals surface area contributed by atoms with Crippen molar-refractivity contribution < 1.29 is 0 Å². The number of hydrogen-bond donors (Lipinski definition) is 0. The van der Waals surface area contributed by atoms with Crippen LogP contribution < -0.4 is 0 Å². The number of aromatic nitrogens is 3. The van der Waals surface area contributed by atoms with Crippen LogP contribution in [0, 0.1) is 0 Å². The Hall–Kier alpha value is -2.16. The quantitative estimate of drug-likeness (QED) is 0.709. The molecule has 0 spiro atoms. The van der Waals surface area contributed by atoms with Crippen LogP contribution in [-0.2, 0) is 6.54 Å². The molecular formula is C17H19N3. The molecule has 1 aromatic carbocycles. The Bertz CT molecular complexity index is 741. The van der Waals surface area contributed by atoms with E-state index >= 15 is 0 Å². The summed E-state index contributed by atoms with van der Waals surface area (Å²) in [6.45, 7) is 7.40. The summed E-state index contributed by atoms with van der Waals surface area (Å²) in [5, 5.41) is 6.80. The maximum absolute atomic E-state index is 4.61. The Morgan fingerprint density at radius 2 is 2.05 bits per heavy atom. The minimum Gasteiger partial charge on any atom is -0.272 e. The van der Waals surface area contributed by atoms with Crippen LogP contribution >= 0.6 is 0 Å². The average molecular weight is 265 g/mol. The van der Waals surface area contributed by atoms with Crippen LogP contribution in [0.3, 0.4) is 0 Å². The molecule has 3 heteroatoms. The Morgan fingerprint density at radius 1 is 1.20 bits per heavy atom. The predicted octanol–water partition coefficient (Wildman–Crippen LogP) is 4.24. The molecule has 0 radical (unpaired) electrons. The molecule has 3 aromatic rings. The van der Waals surface area contributed by atoms with Gasteiger partial charge in [-0.05, 0) is 29.9 Å². The summed E-state index contributed by atoms with van der Waals surface area (Å²) in [5.74, 6) is 0.509. The molecular weight excluding hydrogens is 246 g/mol. The Labute approximate surface area is 119 Å². The van der Waals surface area contributed by atoms with E-state index in [1.807, 2.05) is 23.3 Å². The van der Waals surface area contributed by atoms with E-state index in [1.165, 1.54) is 16.3 Å². The zero-order chi connectivity index (χ0) is 14.1. The van der Waals surface area contributed by atoms with Crippen LogP contribution in [0.5, 0.6) is 0 Å². The molecule has 0 saturated heterocycles. The van der Waals surface area contributed by atoms with Crippen LogP contribution in [0.1, 0.15) is 32.3 Å². The Morgan fingerprint density at radius 3 is 2.75 bits per heavy atom. The molecule has 0 amide bonds. The van der Waals surface area contributed by atoms with Crippen molar-refractivity contribution in [2.75, 3.05) is 0 Å². The highest BCUT2D eigenvalue weighted by molar-refractivity contribution is 5.88. The van der Waals surface area contributed by atoms with Gasteiger partial charge in [0.1, 0.15) is 0 Å². The highest BCUT2D eigenvalue weighted by Crippen LogP contribution is 2.27. The smallest absolute Gasteiger partial charge is 0.0739 e. The highest BCUT2D eigenvalue weighted by Gasteiger charge is 2.08. The predicted molar refractivity (Wildman–Crippen MR) is 82.7 cm³/mol. The van der Waals surface area contributed by atoms with Crippen molar-refractivity contribution in [1.29, 1.82) is 0 Å². The van der Waals surface area contributed by atoms with Crippen molar-refractivity contribution in [3.63, 3.8) is 0 Å². The number of pyridine rings is 1. The summed E-state index contributed by atoms with van der Waals surface area (Å²) < 4.78 is 1.92. The van der Waals surface area contributed by atoms with E-state index in [0.29, 0.717) is 5.92 Å². The lowest BCUT2D eigenvalue weighted by Gasteiger charge is -2.10. The van der Waals surface area contributed by atoms with Crippen molar-refractivity contribution in [2.24, 2.45) is 0 Å². The molecule has 2 heterocycles. The van der Waals surface area contributed by atoms with E-state index in [9.17, 15) is 0 Å². The van der Waals surface area contributed by atoms with Gasteiger partial charge in [-0.1, -0.05) is 32.0 Å². The second kappa shape index (κ2) is 5.08. The van der Waals surface area contributed by atoms with Gasteiger partial charge in [0.05, 0.1) is 11.9 Å². The van der Waals surface area contributed by atoms with Crippen LogP contribution in [0.4, 0.5) is 0 Å². The van der Waals surface area contributed by atoms with Gasteiger partial charge in [0.25, 0.3) is 0 Å². The van der Waals surface area contributed by atoms with Crippen LogP contribution in [0.25, 0.3) is 22.0 Å². The number of aryl methyl sites for hydroxylation is 1. The summed E-state index contributed by atoms with van der Waals surface area (Å²) >= 11 is 0. The largest absolute Gasteiger partial charge is 0.272 e. The standard InChI is InChI=1S/C17H19N3/c1-4-20-11-14(9-19-20)17-8-13-6-5-7-15(12(2)3)16(13)10-18-17/h5-12H,4H2,1-3H3. The maximum atomic E-state index is 4.61. The fourth-order valence-corrected chi connectivity index (χ4v) is 2.53. The summed E-state index contributed by atoms with van der Waals surface area (Å²) in [5.41, 5.74) is 3.41. The summed E-state index contributed by atoms with van der Waals surface area (Å²) in [7, 11) is 0. The third-order valence-electron chi connectivity index (χ3n) is 3.67. The van der Waals surface area contributed by atoms with E-state index in [2.05, 4.69) is 55.1 Å². The molecule has 0 aliphatic rings. The van der Waals surface area contributed by atoms with Crippen LogP contribution in [0.15, 0.2) is 42.9 Å². The molecule has 0 atom stereocenters. The minimum atomic E-state index is 0.509. The zero-order valence-electron chi connectivity index (χ0n) is 12.2.